The minimum atomic E-state index is 0.0320. The summed E-state index contributed by atoms with van der Waals surface area (Å²) in [7, 11) is 2.02. The molecule has 1 aromatic carbocycles. The molecule has 2 heterocycles. The van der Waals surface area contributed by atoms with Crippen molar-refractivity contribution in [3.8, 4) is 5.75 Å². The summed E-state index contributed by atoms with van der Waals surface area (Å²) in [4.78, 5) is 11.2. The number of phenols is 1. The van der Waals surface area contributed by atoms with Crippen LogP contribution in [0, 0.1) is 13.8 Å². The molecule has 3 rings (SSSR count). The van der Waals surface area contributed by atoms with Crippen molar-refractivity contribution in [1.82, 2.24) is 20.2 Å². The molecule has 1 aliphatic heterocycles. The van der Waals surface area contributed by atoms with E-state index in [2.05, 4.69) is 47.9 Å². The van der Waals surface area contributed by atoms with E-state index in [1.807, 2.05) is 20.9 Å². The Balaban J connectivity index is 1.86. The minimum absolute atomic E-state index is 0.0320. The maximum Gasteiger partial charge on any atom is 0.127 e. The van der Waals surface area contributed by atoms with E-state index in [-0.39, 0.29) is 16.8 Å². The molecule has 0 amide bonds. The van der Waals surface area contributed by atoms with Crippen molar-refractivity contribution in [3.05, 3.63) is 47.1 Å². The van der Waals surface area contributed by atoms with Gasteiger partial charge in [0.25, 0.3) is 0 Å². The number of hydrogen-bond donors (Lipinski definition) is 4. The number of aryl methyl sites for hydroxylation is 2. The fraction of sp³-hybridized carbons (Fsp3) is 0.500. The maximum atomic E-state index is 10.5. The molecular formula is C24H36N6O. The second kappa shape index (κ2) is 8.04. The van der Waals surface area contributed by atoms with Crippen LogP contribution in [0.2, 0.25) is 0 Å². The largest absolute Gasteiger partial charge is 0.507 e. The molecule has 1 saturated heterocycles. The van der Waals surface area contributed by atoms with Crippen molar-refractivity contribution in [1.29, 1.82) is 0 Å². The second-order valence-electron chi connectivity index (χ2n) is 10.0. The Bertz CT molecular complexity index is 1040. The molecule has 0 atom stereocenters. The van der Waals surface area contributed by atoms with E-state index in [9.17, 15) is 5.11 Å². The number of fused-ring (bicyclic) bond motifs is 1. The molecule has 0 radical (unpaired) electrons. The van der Waals surface area contributed by atoms with Crippen molar-refractivity contribution in [2.75, 3.05) is 7.05 Å². The van der Waals surface area contributed by atoms with Gasteiger partial charge in [0.15, 0.2) is 0 Å². The van der Waals surface area contributed by atoms with Gasteiger partial charge in [0, 0.05) is 41.5 Å². The Labute approximate surface area is 185 Å². The number of nitrogens with zero attached hydrogens (tertiary/aromatic N) is 3. The smallest absolute Gasteiger partial charge is 0.127 e. The first-order chi connectivity index (χ1) is 14.3. The molecule has 168 valence electrons. The number of rotatable bonds is 4. The highest BCUT2D eigenvalue weighted by molar-refractivity contribution is 5.83. The molecule has 0 bridgehead atoms. The van der Waals surface area contributed by atoms with Gasteiger partial charge < -0.3 is 26.8 Å². The molecule has 6 N–H and O–H groups in total. The zero-order valence-electron chi connectivity index (χ0n) is 19.7. The highest BCUT2D eigenvalue weighted by Crippen LogP contribution is 2.32. The monoisotopic (exact) mass is 424 g/mol. The summed E-state index contributed by atoms with van der Waals surface area (Å²) in [6, 6.07) is 3.68. The Morgan fingerprint density at radius 1 is 1.03 bits per heavy atom. The lowest BCUT2D eigenvalue weighted by Gasteiger charge is -2.49. The summed E-state index contributed by atoms with van der Waals surface area (Å²) in [5, 5.41) is 14.2. The molecule has 1 aromatic heterocycles. The van der Waals surface area contributed by atoms with Gasteiger partial charge in [0.1, 0.15) is 5.75 Å². The maximum absolute atomic E-state index is 10.5. The summed E-state index contributed by atoms with van der Waals surface area (Å²) in [5.41, 5.74) is 16.7. The fourth-order valence-corrected chi connectivity index (χ4v) is 4.63. The molecule has 1 fully saturated rings. The Kier molecular flexibility index (Phi) is 5.93. The number of allylic oxidation sites excluding steroid dienone is 2. The van der Waals surface area contributed by atoms with Crippen LogP contribution in [0.5, 0.6) is 5.75 Å². The van der Waals surface area contributed by atoms with Gasteiger partial charge in [-0.1, -0.05) is 0 Å². The third kappa shape index (κ3) is 5.10. The Morgan fingerprint density at radius 3 is 2.10 bits per heavy atom. The van der Waals surface area contributed by atoms with Crippen molar-refractivity contribution < 1.29 is 5.11 Å². The molecular weight excluding hydrogens is 388 g/mol. The minimum Gasteiger partial charge on any atom is -0.507 e. The van der Waals surface area contributed by atoms with Crippen LogP contribution in [0.4, 0.5) is 0 Å². The highest BCUT2D eigenvalue weighted by Gasteiger charge is 2.39. The van der Waals surface area contributed by atoms with Crippen LogP contribution in [0.15, 0.2) is 30.1 Å². The van der Waals surface area contributed by atoms with Crippen LogP contribution < -0.4 is 16.8 Å². The topological polar surface area (TPSA) is 113 Å². The summed E-state index contributed by atoms with van der Waals surface area (Å²) in [6.45, 7) is 12.7. The van der Waals surface area contributed by atoms with Crippen LogP contribution in [0.1, 0.15) is 57.5 Å². The van der Waals surface area contributed by atoms with Crippen molar-refractivity contribution in [2.24, 2.45) is 11.5 Å². The first-order valence-electron chi connectivity index (χ1n) is 10.7. The van der Waals surface area contributed by atoms with E-state index in [4.69, 9.17) is 11.5 Å². The van der Waals surface area contributed by atoms with Gasteiger partial charge >= 0.3 is 0 Å². The number of aromatic hydroxyl groups is 1. The Morgan fingerprint density at radius 2 is 1.55 bits per heavy atom. The van der Waals surface area contributed by atoms with Crippen LogP contribution in [-0.4, -0.2) is 44.1 Å². The molecule has 7 heteroatoms. The van der Waals surface area contributed by atoms with Gasteiger partial charge in [-0.15, -0.1) is 0 Å². The van der Waals surface area contributed by atoms with E-state index in [0.717, 1.165) is 24.2 Å². The average molecular weight is 425 g/mol. The number of benzene rings is 1. The molecule has 0 aliphatic carbocycles. The van der Waals surface area contributed by atoms with Gasteiger partial charge in [-0.25, -0.2) is 9.97 Å². The molecule has 0 spiro atoms. The second-order valence-corrected chi connectivity index (χ2v) is 10.0. The van der Waals surface area contributed by atoms with Gasteiger partial charge in [-0.3, -0.25) is 0 Å². The van der Waals surface area contributed by atoms with Crippen molar-refractivity contribution in [3.63, 3.8) is 0 Å². The van der Waals surface area contributed by atoms with Crippen molar-refractivity contribution in [2.45, 2.75) is 71.5 Å². The SMILES string of the molecule is Cc1nc2cc(O)c(/C(N)=C/C=C(\N)N(C)C3CC(C)(C)NC(C)(C)C3)cc2nc1C. The van der Waals surface area contributed by atoms with Gasteiger partial charge in [-0.2, -0.15) is 0 Å². The van der Waals surface area contributed by atoms with E-state index in [1.165, 1.54) is 0 Å². The van der Waals surface area contributed by atoms with E-state index >= 15 is 0 Å². The lowest BCUT2D eigenvalue weighted by Crippen LogP contribution is -2.61. The first-order valence-corrected chi connectivity index (χ1v) is 10.7. The third-order valence-corrected chi connectivity index (χ3v) is 6.06. The molecule has 7 nitrogen and oxygen atoms in total. The highest BCUT2D eigenvalue weighted by atomic mass is 16.3. The van der Waals surface area contributed by atoms with E-state index in [1.54, 1.807) is 24.3 Å². The van der Waals surface area contributed by atoms with E-state index in [0.29, 0.717) is 34.2 Å². The number of hydrogen-bond acceptors (Lipinski definition) is 7. The Hall–Kier alpha value is -2.80. The van der Waals surface area contributed by atoms with Gasteiger partial charge in [-0.05, 0) is 72.6 Å². The van der Waals surface area contributed by atoms with Crippen LogP contribution in [-0.2, 0) is 0 Å². The average Bonchev–Trinajstić information content (AvgIpc) is 2.63. The predicted molar refractivity (Wildman–Crippen MR) is 127 cm³/mol. The van der Waals surface area contributed by atoms with Gasteiger partial charge in [0.2, 0.25) is 0 Å². The van der Waals surface area contributed by atoms with Crippen LogP contribution >= 0.6 is 0 Å². The first kappa shape index (κ1) is 22.9. The molecule has 0 saturated carbocycles. The zero-order chi connectivity index (χ0) is 23.1. The summed E-state index contributed by atoms with van der Waals surface area (Å²) < 4.78 is 0. The normalized spacial score (nSPS) is 19.6. The number of nitrogens with one attached hydrogen (secondary N) is 1. The number of aromatic nitrogens is 2. The van der Waals surface area contributed by atoms with E-state index < -0.39 is 0 Å². The van der Waals surface area contributed by atoms with Gasteiger partial charge in [0.05, 0.1) is 28.2 Å². The number of piperidine rings is 1. The summed E-state index contributed by atoms with van der Waals surface area (Å²) in [5.74, 6) is 0.703. The third-order valence-electron chi connectivity index (χ3n) is 6.06. The van der Waals surface area contributed by atoms with Crippen LogP contribution in [0.25, 0.3) is 16.7 Å². The predicted octanol–water partition coefficient (Wildman–Crippen LogP) is 3.29. The lowest BCUT2D eigenvalue weighted by molar-refractivity contribution is 0.0981. The zero-order valence-corrected chi connectivity index (χ0v) is 19.7. The quantitative estimate of drug-likeness (QED) is 0.557. The number of phenolic OH excluding ortho intramolecular Hbond substituents is 1. The number of nitrogens with two attached hydrogens (primary N) is 2. The fourth-order valence-electron chi connectivity index (χ4n) is 4.63. The molecule has 1 aliphatic rings. The summed E-state index contributed by atoms with van der Waals surface area (Å²) in [6.07, 6.45) is 5.51. The summed E-state index contributed by atoms with van der Waals surface area (Å²) >= 11 is 0. The molecule has 31 heavy (non-hydrogen) atoms. The van der Waals surface area contributed by atoms with Crippen LogP contribution in [0.3, 0.4) is 0 Å². The lowest BCUT2D eigenvalue weighted by atomic mass is 9.79. The van der Waals surface area contributed by atoms with Crippen molar-refractivity contribution >= 4 is 16.7 Å². The standard InChI is InChI=1S/C24H36N6O/c1-14-15(2)28-20-11-21(31)17(10-19(20)27-14)18(25)8-9-22(26)30(7)16-12-23(3,4)29-24(5,6)13-16/h8-11,16,29,31H,12-13,25-26H2,1-7H3/b18-8-,22-9+. The molecule has 0 unspecified atom stereocenters. The molecule has 2 aromatic rings.